The van der Waals surface area contributed by atoms with Crippen molar-refractivity contribution in [3.05, 3.63) is 45.9 Å². The molecule has 1 aromatic heterocycles. The molecule has 1 unspecified atom stereocenters. The third kappa shape index (κ3) is 6.76. The first-order valence-corrected chi connectivity index (χ1v) is 13.9. The lowest BCUT2D eigenvalue weighted by Crippen LogP contribution is -2.38. The molecule has 2 aromatic rings. The Balaban J connectivity index is 1.46. The molecule has 32 heavy (non-hydrogen) atoms. The number of rotatable bonds is 9. The summed E-state index contributed by atoms with van der Waals surface area (Å²) in [5.74, 6) is 0.384. The van der Waals surface area contributed by atoms with Crippen LogP contribution in [-0.4, -0.2) is 50.3 Å². The molecule has 176 valence electrons. The summed E-state index contributed by atoms with van der Waals surface area (Å²) >= 11 is 1.68. The van der Waals surface area contributed by atoms with E-state index in [1.807, 2.05) is 12.1 Å². The smallest absolute Gasteiger partial charge is 0.409 e. The summed E-state index contributed by atoms with van der Waals surface area (Å²) in [4.78, 5) is 19.1. The minimum Gasteiger partial charge on any atom is -0.449 e. The number of nitrogens with one attached hydrogen (secondary N) is 1. The number of amides is 1. The first-order chi connectivity index (χ1) is 15.3. The van der Waals surface area contributed by atoms with E-state index in [-0.39, 0.29) is 12.1 Å². The van der Waals surface area contributed by atoms with Crippen LogP contribution in [-0.2, 0) is 21.1 Å². The van der Waals surface area contributed by atoms with Gasteiger partial charge in [-0.05, 0) is 43.9 Å². The van der Waals surface area contributed by atoms with Crippen LogP contribution in [0.25, 0.3) is 0 Å². The fraction of sp³-hybridized carbons (Fsp3) is 0.565. The molecule has 1 aromatic carbocycles. The number of thiazole rings is 1. The Morgan fingerprint density at radius 1 is 1.28 bits per heavy atom. The van der Waals surface area contributed by atoms with E-state index < -0.39 is 9.84 Å². The molecule has 2 heterocycles. The summed E-state index contributed by atoms with van der Waals surface area (Å²) in [6, 6.07) is 7.07. The molecule has 0 saturated carbocycles. The highest BCUT2D eigenvalue weighted by atomic mass is 32.2. The molecule has 1 aliphatic heterocycles. The number of aromatic nitrogens is 1. The molecule has 0 bridgehead atoms. The van der Waals surface area contributed by atoms with Gasteiger partial charge in [-0.15, -0.1) is 11.3 Å². The second-order valence-corrected chi connectivity index (χ2v) is 11.3. The molecular formula is C23H33N3O4S2. The topological polar surface area (TPSA) is 88.6 Å². The summed E-state index contributed by atoms with van der Waals surface area (Å²) < 4.78 is 28.5. The number of hydrogen-bond donors (Lipinski definition) is 1. The molecule has 1 fully saturated rings. The number of likely N-dealkylation sites (tertiary alicyclic amines) is 1. The zero-order valence-electron chi connectivity index (χ0n) is 19.0. The van der Waals surface area contributed by atoms with E-state index in [0.29, 0.717) is 37.1 Å². The van der Waals surface area contributed by atoms with E-state index in [1.165, 1.54) is 6.26 Å². The zero-order chi connectivity index (χ0) is 23.1. The maximum absolute atomic E-state index is 12.1. The highest BCUT2D eigenvalue weighted by Crippen LogP contribution is 2.30. The van der Waals surface area contributed by atoms with Crippen LogP contribution in [0.1, 0.15) is 67.8 Å². The van der Waals surface area contributed by atoms with Crippen molar-refractivity contribution in [3.8, 4) is 0 Å². The van der Waals surface area contributed by atoms with Crippen molar-refractivity contribution in [2.45, 2.75) is 62.9 Å². The summed E-state index contributed by atoms with van der Waals surface area (Å²) in [6.07, 6.45) is 4.76. The minimum absolute atomic E-state index is 0.0794. The van der Waals surface area contributed by atoms with Crippen LogP contribution < -0.4 is 5.32 Å². The monoisotopic (exact) mass is 479 g/mol. The number of sulfone groups is 1. The molecule has 1 saturated heterocycles. The van der Waals surface area contributed by atoms with Crippen molar-refractivity contribution >= 4 is 27.3 Å². The lowest BCUT2D eigenvalue weighted by atomic mass is 9.98. The highest BCUT2D eigenvalue weighted by molar-refractivity contribution is 7.90. The van der Waals surface area contributed by atoms with Gasteiger partial charge in [0.1, 0.15) is 0 Å². The van der Waals surface area contributed by atoms with Crippen molar-refractivity contribution in [2.75, 3.05) is 26.0 Å². The van der Waals surface area contributed by atoms with Gasteiger partial charge in [0.05, 0.1) is 22.2 Å². The van der Waals surface area contributed by atoms with Crippen molar-refractivity contribution < 1.29 is 17.9 Å². The summed E-state index contributed by atoms with van der Waals surface area (Å²) in [7, 11) is -3.18. The molecular weight excluding hydrogens is 446 g/mol. The SMILES string of the molecule is CCCCOC(=O)N1CCC(c2nc(CNC(C)c3ccc(S(C)(=O)=O)cc3)cs2)CC1. The van der Waals surface area contributed by atoms with E-state index in [2.05, 4.69) is 24.5 Å². The molecule has 9 heteroatoms. The van der Waals surface area contributed by atoms with E-state index in [4.69, 9.17) is 9.72 Å². The predicted octanol–water partition coefficient (Wildman–Crippen LogP) is 4.51. The van der Waals surface area contributed by atoms with E-state index in [0.717, 1.165) is 41.9 Å². The summed E-state index contributed by atoms with van der Waals surface area (Å²) in [5.41, 5.74) is 2.04. The molecule has 1 amide bonds. The van der Waals surface area contributed by atoms with Gasteiger partial charge in [-0.1, -0.05) is 25.5 Å². The third-order valence-electron chi connectivity index (χ3n) is 5.79. The molecule has 1 atom stereocenters. The lowest BCUT2D eigenvalue weighted by molar-refractivity contribution is 0.0916. The predicted molar refractivity (Wildman–Crippen MR) is 127 cm³/mol. The van der Waals surface area contributed by atoms with Gasteiger partial charge in [-0.3, -0.25) is 0 Å². The number of carbonyl (C=O) groups excluding carboxylic acids is 1. The van der Waals surface area contributed by atoms with Crippen LogP contribution in [0.15, 0.2) is 34.5 Å². The number of benzene rings is 1. The Kier molecular flexibility index (Phi) is 8.67. The maximum atomic E-state index is 12.1. The molecule has 1 N–H and O–H groups in total. The number of unbranched alkanes of at least 4 members (excludes halogenated alkanes) is 1. The molecule has 3 rings (SSSR count). The Morgan fingerprint density at radius 2 is 1.97 bits per heavy atom. The van der Waals surface area contributed by atoms with Crippen LogP contribution in [0.4, 0.5) is 4.79 Å². The number of piperidine rings is 1. The average Bonchev–Trinajstić information content (AvgIpc) is 3.26. The van der Waals surface area contributed by atoms with Crippen LogP contribution in [0.5, 0.6) is 0 Å². The standard InChI is InChI=1S/C23H33N3O4S2/c1-4-5-14-30-23(27)26-12-10-19(11-13-26)22-25-20(16-31-22)15-24-17(2)18-6-8-21(9-7-18)32(3,28)29/h6-9,16-17,19,24H,4-5,10-15H2,1-3H3. The van der Waals surface area contributed by atoms with Gasteiger partial charge in [0, 0.05) is 43.2 Å². The maximum Gasteiger partial charge on any atom is 0.409 e. The molecule has 0 radical (unpaired) electrons. The normalized spacial score (nSPS) is 16.2. The Morgan fingerprint density at radius 3 is 2.59 bits per heavy atom. The second-order valence-electron chi connectivity index (χ2n) is 8.35. The Labute approximate surface area is 195 Å². The number of carbonyl (C=O) groups is 1. The molecule has 0 spiro atoms. The van der Waals surface area contributed by atoms with Crippen LogP contribution in [0, 0.1) is 0 Å². The third-order valence-corrected chi connectivity index (χ3v) is 7.98. The van der Waals surface area contributed by atoms with Crippen molar-refractivity contribution in [1.29, 1.82) is 0 Å². The Hall–Kier alpha value is -1.97. The lowest BCUT2D eigenvalue weighted by Gasteiger charge is -2.30. The number of nitrogens with zero attached hydrogens (tertiary/aromatic N) is 2. The first kappa shape index (κ1) is 24.7. The van der Waals surface area contributed by atoms with Crippen molar-refractivity contribution in [1.82, 2.24) is 15.2 Å². The average molecular weight is 480 g/mol. The summed E-state index contributed by atoms with van der Waals surface area (Å²) in [6.45, 7) is 6.70. The zero-order valence-corrected chi connectivity index (χ0v) is 20.7. The van der Waals surface area contributed by atoms with Crippen LogP contribution >= 0.6 is 11.3 Å². The number of ether oxygens (including phenoxy) is 1. The van der Waals surface area contributed by atoms with Gasteiger partial charge in [0.25, 0.3) is 0 Å². The largest absolute Gasteiger partial charge is 0.449 e. The van der Waals surface area contributed by atoms with Crippen molar-refractivity contribution in [3.63, 3.8) is 0 Å². The van der Waals surface area contributed by atoms with Crippen molar-refractivity contribution in [2.24, 2.45) is 0 Å². The molecule has 1 aliphatic rings. The Bertz CT molecular complexity index is 981. The van der Waals surface area contributed by atoms with E-state index in [1.54, 1.807) is 28.4 Å². The summed E-state index contributed by atoms with van der Waals surface area (Å²) in [5, 5.41) is 6.68. The van der Waals surface area contributed by atoms with Crippen LogP contribution in [0.2, 0.25) is 0 Å². The van der Waals surface area contributed by atoms with Gasteiger partial charge in [-0.25, -0.2) is 18.2 Å². The van der Waals surface area contributed by atoms with Crippen LogP contribution in [0.3, 0.4) is 0 Å². The van der Waals surface area contributed by atoms with E-state index in [9.17, 15) is 13.2 Å². The van der Waals surface area contributed by atoms with E-state index >= 15 is 0 Å². The minimum atomic E-state index is -3.18. The van der Waals surface area contributed by atoms with Gasteiger partial charge in [0.2, 0.25) is 0 Å². The number of hydrogen-bond acceptors (Lipinski definition) is 7. The molecule has 7 nitrogen and oxygen atoms in total. The second kappa shape index (κ2) is 11.2. The van der Waals surface area contributed by atoms with Gasteiger partial charge < -0.3 is 15.0 Å². The van der Waals surface area contributed by atoms with Gasteiger partial charge >= 0.3 is 6.09 Å². The van der Waals surface area contributed by atoms with Gasteiger partial charge in [-0.2, -0.15) is 0 Å². The van der Waals surface area contributed by atoms with Gasteiger partial charge in [0.15, 0.2) is 9.84 Å². The fourth-order valence-corrected chi connectivity index (χ4v) is 5.30. The fourth-order valence-electron chi connectivity index (χ4n) is 3.67. The highest BCUT2D eigenvalue weighted by Gasteiger charge is 2.26. The molecule has 0 aliphatic carbocycles. The first-order valence-electron chi connectivity index (χ1n) is 11.2. The quantitative estimate of drug-likeness (QED) is 0.532.